The number of hydrogen-bond acceptors (Lipinski definition) is 3. The van der Waals surface area contributed by atoms with E-state index in [4.69, 9.17) is 23.2 Å². The second-order valence-corrected chi connectivity index (χ2v) is 4.86. The molecule has 0 radical (unpaired) electrons. The minimum atomic E-state index is -0.461. The van der Waals surface area contributed by atoms with E-state index in [0.717, 1.165) is 5.39 Å². The highest BCUT2D eigenvalue weighted by atomic mass is 35.5. The molecule has 3 rings (SSSR count). The summed E-state index contributed by atoms with van der Waals surface area (Å²) in [5.41, 5.74) is 1.08. The summed E-state index contributed by atoms with van der Waals surface area (Å²) in [7, 11) is 0. The number of aromatic nitrogens is 1. The first kappa shape index (κ1) is 12.1. The highest BCUT2D eigenvalue weighted by Gasteiger charge is 2.12. The molecule has 94 valence electrons. The smallest absolute Gasteiger partial charge is 0.258 e. The fraction of sp³-hybridized carbons (Fsp3) is 0. The first-order valence-electron chi connectivity index (χ1n) is 5.39. The Morgan fingerprint density at radius 1 is 1.00 bits per heavy atom. The molecule has 6 heteroatoms. The number of benzene rings is 2. The van der Waals surface area contributed by atoms with Crippen LogP contribution in [0.15, 0.2) is 36.4 Å². The molecule has 3 aromatic rings. The van der Waals surface area contributed by atoms with Gasteiger partial charge in [0, 0.05) is 27.9 Å². The lowest BCUT2D eigenvalue weighted by Crippen LogP contribution is -1.90. The molecule has 0 aliphatic heterocycles. The maximum atomic E-state index is 10.8. The molecule has 0 saturated heterocycles. The zero-order valence-electron chi connectivity index (χ0n) is 9.43. The van der Waals surface area contributed by atoms with Crippen LogP contribution in [0.2, 0.25) is 10.0 Å². The zero-order valence-corrected chi connectivity index (χ0v) is 10.9. The van der Waals surface area contributed by atoms with Crippen molar-refractivity contribution in [2.45, 2.75) is 0 Å². The molecule has 19 heavy (non-hydrogen) atoms. The molecule has 4 nitrogen and oxygen atoms in total. The number of hydrogen-bond donors (Lipinski definition) is 0. The second kappa shape index (κ2) is 4.33. The lowest BCUT2D eigenvalue weighted by Gasteiger charge is -2.05. The molecule has 0 spiro atoms. The standard InChI is InChI=1S/C13H6Cl2N2O2/c14-7-1-3-9-11(5-7)16-12-6-8(17(18)19)2-4-10(12)13(9)15/h1-6H. The molecule has 0 fully saturated rings. The van der Waals surface area contributed by atoms with Gasteiger partial charge in [-0.15, -0.1) is 0 Å². The summed E-state index contributed by atoms with van der Waals surface area (Å²) < 4.78 is 0. The van der Waals surface area contributed by atoms with E-state index < -0.39 is 4.92 Å². The van der Waals surface area contributed by atoms with Gasteiger partial charge < -0.3 is 0 Å². The third kappa shape index (κ3) is 1.99. The van der Waals surface area contributed by atoms with Gasteiger partial charge >= 0.3 is 0 Å². The first-order chi connectivity index (χ1) is 9.06. The Balaban J connectivity index is 2.43. The van der Waals surface area contributed by atoms with E-state index in [1.807, 2.05) is 0 Å². The van der Waals surface area contributed by atoms with E-state index >= 15 is 0 Å². The fourth-order valence-electron chi connectivity index (χ4n) is 1.97. The molecule has 1 heterocycles. The molecular weight excluding hydrogens is 287 g/mol. The van der Waals surface area contributed by atoms with Crippen LogP contribution in [0.3, 0.4) is 0 Å². The van der Waals surface area contributed by atoms with Crippen molar-refractivity contribution in [1.82, 2.24) is 4.98 Å². The van der Waals surface area contributed by atoms with Crippen LogP contribution < -0.4 is 0 Å². The van der Waals surface area contributed by atoms with Crippen LogP contribution in [0.5, 0.6) is 0 Å². The number of halogens is 2. The van der Waals surface area contributed by atoms with Crippen molar-refractivity contribution < 1.29 is 4.92 Å². The van der Waals surface area contributed by atoms with Gasteiger partial charge in [-0.25, -0.2) is 4.98 Å². The zero-order chi connectivity index (χ0) is 13.6. The summed E-state index contributed by atoms with van der Waals surface area (Å²) in [6.45, 7) is 0. The molecule has 0 amide bonds. The molecule has 0 aliphatic carbocycles. The van der Waals surface area contributed by atoms with E-state index in [1.165, 1.54) is 12.1 Å². The number of nitrogens with zero attached hydrogens (tertiary/aromatic N) is 2. The maximum Gasteiger partial charge on any atom is 0.271 e. The number of pyridine rings is 1. The Bertz CT molecular complexity index is 834. The van der Waals surface area contributed by atoms with Crippen LogP contribution >= 0.6 is 23.2 Å². The molecule has 0 N–H and O–H groups in total. The predicted molar refractivity (Wildman–Crippen MR) is 75.9 cm³/mol. The second-order valence-electron chi connectivity index (χ2n) is 4.05. The van der Waals surface area contributed by atoms with Gasteiger partial charge in [-0.1, -0.05) is 23.2 Å². The minimum absolute atomic E-state index is 0.0163. The highest BCUT2D eigenvalue weighted by molar-refractivity contribution is 6.40. The summed E-state index contributed by atoms with van der Waals surface area (Å²) in [4.78, 5) is 14.7. The fourth-order valence-corrected chi connectivity index (χ4v) is 2.46. The third-order valence-electron chi connectivity index (χ3n) is 2.87. The van der Waals surface area contributed by atoms with E-state index in [0.29, 0.717) is 26.5 Å². The normalized spacial score (nSPS) is 11.1. The molecule has 0 aliphatic rings. The monoisotopic (exact) mass is 292 g/mol. The van der Waals surface area contributed by atoms with Gasteiger partial charge in [0.25, 0.3) is 5.69 Å². The van der Waals surface area contributed by atoms with Crippen LogP contribution in [0.4, 0.5) is 5.69 Å². The number of nitro benzene ring substituents is 1. The van der Waals surface area contributed by atoms with Gasteiger partial charge in [-0.3, -0.25) is 10.1 Å². The van der Waals surface area contributed by atoms with Gasteiger partial charge in [0.05, 0.1) is 21.0 Å². The molecule has 0 atom stereocenters. The summed E-state index contributed by atoms with van der Waals surface area (Å²) in [5.74, 6) is 0. The summed E-state index contributed by atoms with van der Waals surface area (Å²) in [6.07, 6.45) is 0. The lowest BCUT2D eigenvalue weighted by molar-refractivity contribution is -0.384. The van der Waals surface area contributed by atoms with Gasteiger partial charge in [0.1, 0.15) is 0 Å². The minimum Gasteiger partial charge on any atom is -0.258 e. The van der Waals surface area contributed by atoms with E-state index in [1.54, 1.807) is 24.3 Å². The SMILES string of the molecule is O=[N+]([O-])c1ccc2c(Cl)c3ccc(Cl)cc3nc2c1. The van der Waals surface area contributed by atoms with Gasteiger partial charge in [0.2, 0.25) is 0 Å². The Labute approximate surface area is 117 Å². The quantitative estimate of drug-likeness (QED) is 0.374. The molecular formula is C13H6Cl2N2O2. The Morgan fingerprint density at radius 3 is 2.32 bits per heavy atom. The summed E-state index contributed by atoms with van der Waals surface area (Å²) >= 11 is 12.2. The molecule has 0 unspecified atom stereocenters. The molecule has 0 saturated carbocycles. The van der Waals surface area contributed by atoms with Crippen molar-refractivity contribution in [1.29, 1.82) is 0 Å². The van der Waals surface area contributed by atoms with Crippen molar-refractivity contribution in [3.05, 3.63) is 56.6 Å². The average Bonchev–Trinajstić information content (AvgIpc) is 2.37. The first-order valence-corrected chi connectivity index (χ1v) is 6.15. The summed E-state index contributed by atoms with van der Waals surface area (Å²) in [6, 6.07) is 9.62. The van der Waals surface area contributed by atoms with Crippen molar-refractivity contribution in [3.63, 3.8) is 0 Å². The van der Waals surface area contributed by atoms with Crippen molar-refractivity contribution >= 4 is 50.7 Å². The topological polar surface area (TPSA) is 56.0 Å². The molecule has 0 bridgehead atoms. The average molecular weight is 293 g/mol. The van der Waals surface area contributed by atoms with Crippen molar-refractivity contribution in [2.24, 2.45) is 0 Å². The number of nitro groups is 1. The van der Waals surface area contributed by atoms with Crippen LogP contribution in [0.25, 0.3) is 21.8 Å². The largest absolute Gasteiger partial charge is 0.271 e. The van der Waals surface area contributed by atoms with Crippen LogP contribution in [-0.4, -0.2) is 9.91 Å². The van der Waals surface area contributed by atoms with Crippen molar-refractivity contribution in [2.75, 3.05) is 0 Å². The van der Waals surface area contributed by atoms with Crippen LogP contribution in [-0.2, 0) is 0 Å². The maximum absolute atomic E-state index is 10.8. The Morgan fingerprint density at radius 2 is 1.63 bits per heavy atom. The van der Waals surface area contributed by atoms with Crippen molar-refractivity contribution in [3.8, 4) is 0 Å². The Hall–Kier alpha value is -1.91. The number of fused-ring (bicyclic) bond motifs is 2. The van der Waals surface area contributed by atoms with E-state index in [-0.39, 0.29) is 5.69 Å². The lowest BCUT2D eigenvalue weighted by atomic mass is 10.1. The predicted octanol–water partition coefficient (Wildman–Crippen LogP) is 4.60. The Kier molecular flexibility index (Phi) is 2.77. The summed E-state index contributed by atoms with van der Waals surface area (Å²) in [5, 5.41) is 13.3. The van der Waals surface area contributed by atoms with Gasteiger partial charge in [0.15, 0.2) is 0 Å². The third-order valence-corrected chi connectivity index (χ3v) is 3.51. The molecule has 2 aromatic carbocycles. The van der Waals surface area contributed by atoms with Crippen LogP contribution in [0, 0.1) is 10.1 Å². The number of rotatable bonds is 1. The van der Waals surface area contributed by atoms with Crippen LogP contribution in [0.1, 0.15) is 0 Å². The number of non-ortho nitro benzene ring substituents is 1. The van der Waals surface area contributed by atoms with Gasteiger partial charge in [-0.2, -0.15) is 0 Å². The van der Waals surface area contributed by atoms with Gasteiger partial charge in [-0.05, 0) is 24.3 Å². The highest BCUT2D eigenvalue weighted by Crippen LogP contribution is 2.33. The van der Waals surface area contributed by atoms with E-state index in [9.17, 15) is 10.1 Å². The molecule has 1 aromatic heterocycles. The van der Waals surface area contributed by atoms with E-state index in [2.05, 4.69) is 4.98 Å².